The zero-order valence-corrected chi connectivity index (χ0v) is 19.5. The van der Waals surface area contributed by atoms with Crippen LogP contribution in [0, 0.1) is 0 Å². The summed E-state index contributed by atoms with van der Waals surface area (Å²) < 4.78 is 6.67. The first kappa shape index (κ1) is 21.5. The first-order valence-electron chi connectivity index (χ1n) is 9.99. The van der Waals surface area contributed by atoms with E-state index in [0.717, 1.165) is 41.9 Å². The molecule has 0 atom stereocenters. The smallest absolute Gasteiger partial charge is 0.293 e. The standard InChI is InChI=1S/C23H23BrN4O2S/c1-27-12-14-28(15-13-27)19-8-6-18(7-9-19)25-23(31)26-22(29)21-11-10-20(30-21)16-2-4-17(24)5-3-16/h2-11H,12-15H2,1H3,(H2,25,26,29,31). The van der Waals surface area contributed by atoms with Gasteiger partial charge in [-0.1, -0.05) is 28.1 Å². The molecule has 160 valence electrons. The van der Waals surface area contributed by atoms with E-state index in [2.05, 4.69) is 55.5 Å². The van der Waals surface area contributed by atoms with E-state index in [9.17, 15) is 4.79 Å². The highest BCUT2D eigenvalue weighted by molar-refractivity contribution is 9.10. The Morgan fingerprint density at radius 3 is 2.32 bits per heavy atom. The molecule has 2 aromatic carbocycles. The van der Waals surface area contributed by atoms with Gasteiger partial charge in [0.2, 0.25) is 0 Å². The number of thiocarbonyl (C=S) groups is 1. The van der Waals surface area contributed by atoms with Crippen molar-refractivity contribution in [1.29, 1.82) is 0 Å². The third-order valence-corrected chi connectivity index (χ3v) is 5.91. The van der Waals surface area contributed by atoms with Crippen molar-refractivity contribution in [2.24, 2.45) is 0 Å². The highest BCUT2D eigenvalue weighted by atomic mass is 79.9. The second-order valence-corrected chi connectivity index (χ2v) is 8.74. The van der Waals surface area contributed by atoms with Crippen LogP contribution >= 0.6 is 28.1 Å². The summed E-state index contributed by atoms with van der Waals surface area (Å²) in [7, 11) is 2.14. The van der Waals surface area contributed by atoms with Gasteiger partial charge in [0.1, 0.15) is 5.76 Å². The molecule has 3 aromatic rings. The number of halogens is 1. The first-order valence-corrected chi connectivity index (χ1v) is 11.2. The van der Waals surface area contributed by atoms with Gasteiger partial charge in [0.05, 0.1) is 0 Å². The van der Waals surface area contributed by atoms with Crippen molar-refractivity contribution in [1.82, 2.24) is 10.2 Å². The lowest BCUT2D eigenvalue weighted by Crippen LogP contribution is -2.44. The van der Waals surface area contributed by atoms with Gasteiger partial charge < -0.3 is 19.5 Å². The van der Waals surface area contributed by atoms with E-state index in [4.69, 9.17) is 16.6 Å². The van der Waals surface area contributed by atoms with Crippen molar-refractivity contribution < 1.29 is 9.21 Å². The lowest BCUT2D eigenvalue weighted by molar-refractivity contribution is 0.0951. The topological polar surface area (TPSA) is 60.8 Å². The number of furan rings is 1. The second kappa shape index (κ2) is 9.64. The Labute approximate surface area is 195 Å². The second-order valence-electron chi connectivity index (χ2n) is 7.42. The van der Waals surface area contributed by atoms with Gasteiger partial charge in [-0.3, -0.25) is 10.1 Å². The van der Waals surface area contributed by atoms with Crippen molar-refractivity contribution in [2.75, 3.05) is 43.4 Å². The fourth-order valence-corrected chi connectivity index (χ4v) is 3.85. The summed E-state index contributed by atoms with van der Waals surface area (Å²) in [6.07, 6.45) is 0. The summed E-state index contributed by atoms with van der Waals surface area (Å²) in [5, 5.41) is 5.94. The van der Waals surface area contributed by atoms with Crippen molar-refractivity contribution in [2.45, 2.75) is 0 Å². The normalized spacial score (nSPS) is 14.3. The molecule has 0 bridgehead atoms. The van der Waals surface area contributed by atoms with E-state index in [0.29, 0.717) is 5.76 Å². The maximum Gasteiger partial charge on any atom is 0.293 e. The molecule has 2 heterocycles. The van der Waals surface area contributed by atoms with Gasteiger partial charge in [0.15, 0.2) is 10.9 Å². The maximum atomic E-state index is 12.5. The molecule has 4 rings (SSSR count). The first-order chi connectivity index (χ1) is 15.0. The van der Waals surface area contributed by atoms with E-state index in [1.807, 2.05) is 36.4 Å². The van der Waals surface area contributed by atoms with Crippen LogP contribution in [0.3, 0.4) is 0 Å². The van der Waals surface area contributed by atoms with E-state index in [1.54, 1.807) is 12.1 Å². The number of nitrogens with zero attached hydrogens (tertiary/aromatic N) is 2. The van der Waals surface area contributed by atoms with Crippen LogP contribution in [0.4, 0.5) is 11.4 Å². The predicted octanol–water partition coefficient (Wildman–Crippen LogP) is 4.59. The molecule has 0 aliphatic carbocycles. The summed E-state index contributed by atoms with van der Waals surface area (Å²) in [4.78, 5) is 17.2. The monoisotopic (exact) mass is 498 g/mol. The van der Waals surface area contributed by atoms with Crippen LogP contribution in [0.1, 0.15) is 10.6 Å². The van der Waals surface area contributed by atoms with E-state index < -0.39 is 5.91 Å². The molecule has 0 saturated carbocycles. The predicted molar refractivity (Wildman–Crippen MR) is 132 cm³/mol. The van der Waals surface area contributed by atoms with Crippen molar-refractivity contribution in [3.8, 4) is 11.3 Å². The number of hydrogen-bond donors (Lipinski definition) is 2. The van der Waals surface area contributed by atoms with Crippen LogP contribution in [0.5, 0.6) is 0 Å². The number of carbonyl (C=O) groups excluding carboxylic acids is 1. The zero-order chi connectivity index (χ0) is 21.8. The molecule has 31 heavy (non-hydrogen) atoms. The minimum absolute atomic E-state index is 0.201. The SMILES string of the molecule is CN1CCN(c2ccc(NC(=S)NC(=O)c3ccc(-c4ccc(Br)cc4)o3)cc2)CC1. The number of rotatable bonds is 4. The third kappa shape index (κ3) is 5.52. The van der Waals surface area contributed by atoms with Crippen molar-refractivity contribution in [3.63, 3.8) is 0 Å². The van der Waals surface area contributed by atoms with Gasteiger partial charge in [0.25, 0.3) is 5.91 Å². The molecule has 8 heteroatoms. The molecule has 0 spiro atoms. The minimum atomic E-state index is -0.394. The summed E-state index contributed by atoms with van der Waals surface area (Å²) in [5.41, 5.74) is 2.89. The van der Waals surface area contributed by atoms with Crippen LogP contribution in [0.25, 0.3) is 11.3 Å². The number of piperazine rings is 1. The summed E-state index contributed by atoms with van der Waals surface area (Å²) >= 11 is 8.70. The fourth-order valence-electron chi connectivity index (χ4n) is 3.38. The molecule has 1 aromatic heterocycles. The fraction of sp³-hybridized carbons (Fsp3) is 0.217. The van der Waals surface area contributed by atoms with Crippen LogP contribution < -0.4 is 15.5 Å². The van der Waals surface area contributed by atoms with E-state index in [-0.39, 0.29) is 10.9 Å². The average Bonchev–Trinajstić information content (AvgIpc) is 3.26. The highest BCUT2D eigenvalue weighted by Crippen LogP contribution is 2.24. The Morgan fingerprint density at radius 1 is 0.968 bits per heavy atom. The quantitative estimate of drug-likeness (QED) is 0.513. The number of likely N-dealkylation sites (N-methyl/N-ethyl adjacent to an activating group) is 1. The molecule has 6 nitrogen and oxygen atoms in total. The number of nitrogens with one attached hydrogen (secondary N) is 2. The van der Waals surface area contributed by atoms with Crippen molar-refractivity contribution >= 4 is 50.5 Å². The van der Waals surface area contributed by atoms with Gasteiger partial charge in [-0.15, -0.1) is 0 Å². The summed E-state index contributed by atoms with van der Waals surface area (Å²) in [6, 6.07) is 19.1. The Bertz CT molecular complexity index is 1060. The van der Waals surface area contributed by atoms with Gasteiger partial charge in [-0.2, -0.15) is 0 Å². The van der Waals surface area contributed by atoms with Crippen molar-refractivity contribution in [3.05, 3.63) is 70.9 Å². The molecule has 1 aliphatic heterocycles. The molecule has 1 saturated heterocycles. The molecule has 2 N–H and O–H groups in total. The Balaban J connectivity index is 1.32. The number of anilines is 2. The van der Waals surface area contributed by atoms with Crippen LogP contribution in [-0.2, 0) is 0 Å². The number of carbonyl (C=O) groups is 1. The van der Waals surface area contributed by atoms with Crippen LogP contribution in [-0.4, -0.2) is 49.1 Å². The molecule has 0 radical (unpaired) electrons. The number of hydrogen-bond acceptors (Lipinski definition) is 5. The number of amides is 1. The van der Waals surface area contributed by atoms with E-state index >= 15 is 0 Å². The summed E-state index contributed by atoms with van der Waals surface area (Å²) in [6.45, 7) is 4.16. The molecular weight excluding hydrogens is 476 g/mol. The Hall–Kier alpha value is -2.68. The molecule has 1 amide bonds. The van der Waals surface area contributed by atoms with Gasteiger partial charge in [-0.05, 0) is 67.8 Å². The Kier molecular flexibility index (Phi) is 6.70. The van der Waals surface area contributed by atoms with Gasteiger partial charge in [0, 0.05) is 47.6 Å². The van der Waals surface area contributed by atoms with Crippen LogP contribution in [0.2, 0.25) is 0 Å². The minimum Gasteiger partial charge on any atom is -0.451 e. The maximum absolute atomic E-state index is 12.5. The van der Waals surface area contributed by atoms with Gasteiger partial charge in [-0.25, -0.2) is 0 Å². The largest absolute Gasteiger partial charge is 0.451 e. The molecular formula is C23H23BrN4O2S. The zero-order valence-electron chi connectivity index (χ0n) is 17.1. The molecule has 1 fully saturated rings. The average molecular weight is 499 g/mol. The molecule has 0 unspecified atom stereocenters. The lowest BCUT2D eigenvalue weighted by Gasteiger charge is -2.34. The molecule has 1 aliphatic rings. The number of benzene rings is 2. The Morgan fingerprint density at radius 2 is 1.65 bits per heavy atom. The highest BCUT2D eigenvalue weighted by Gasteiger charge is 2.15. The van der Waals surface area contributed by atoms with E-state index in [1.165, 1.54) is 5.69 Å². The van der Waals surface area contributed by atoms with Gasteiger partial charge >= 0.3 is 0 Å². The summed E-state index contributed by atoms with van der Waals surface area (Å²) in [5.74, 6) is 0.429. The third-order valence-electron chi connectivity index (χ3n) is 5.18. The van der Waals surface area contributed by atoms with Crippen LogP contribution in [0.15, 0.2) is 69.6 Å². The lowest BCUT2D eigenvalue weighted by atomic mass is 10.2.